The van der Waals surface area contributed by atoms with Crippen molar-refractivity contribution >= 4 is 22.3 Å². The van der Waals surface area contributed by atoms with Gasteiger partial charge in [-0.25, -0.2) is 0 Å². The molecule has 0 amide bonds. The third-order valence-corrected chi connectivity index (χ3v) is 3.99. The van der Waals surface area contributed by atoms with Crippen LogP contribution in [0.3, 0.4) is 0 Å². The molecule has 0 radical (unpaired) electrons. The SMILES string of the molecule is Cn1ncc2cc([N+](=O)[O-])c(N3CCCCCC3)cc21. The molecule has 106 valence electrons. The predicted octanol–water partition coefficient (Wildman–Crippen LogP) is 2.86. The molecule has 0 aliphatic carbocycles. The summed E-state index contributed by atoms with van der Waals surface area (Å²) < 4.78 is 1.76. The van der Waals surface area contributed by atoms with Crippen molar-refractivity contribution in [3.05, 3.63) is 28.4 Å². The van der Waals surface area contributed by atoms with Gasteiger partial charge in [0.2, 0.25) is 0 Å². The summed E-state index contributed by atoms with van der Waals surface area (Å²) in [6, 6.07) is 3.55. The number of benzene rings is 1. The van der Waals surface area contributed by atoms with Crippen LogP contribution in [0.4, 0.5) is 11.4 Å². The fourth-order valence-corrected chi connectivity index (χ4v) is 2.89. The smallest absolute Gasteiger partial charge is 0.293 e. The molecular weight excluding hydrogens is 256 g/mol. The van der Waals surface area contributed by atoms with Gasteiger partial charge in [-0.2, -0.15) is 5.10 Å². The van der Waals surface area contributed by atoms with Crippen molar-refractivity contribution in [3.63, 3.8) is 0 Å². The van der Waals surface area contributed by atoms with Crippen LogP contribution in [0, 0.1) is 10.1 Å². The van der Waals surface area contributed by atoms with Crippen molar-refractivity contribution in [2.45, 2.75) is 25.7 Å². The van der Waals surface area contributed by atoms with Crippen LogP contribution in [-0.2, 0) is 7.05 Å². The zero-order valence-electron chi connectivity index (χ0n) is 11.6. The second-order valence-corrected chi connectivity index (χ2v) is 5.33. The van der Waals surface area contributed by atoms with Gasteiger partial charge < -0.3 is 4.90 Å². The lowest BCUT2D eigenvalue weighted by molar-refractivity contribution is -0.384. The average molecular weight is 274 g/mol. The highest BCUT2D eigenvalue weighted by atomic mass is 16.6. The number of aryl methyl sites for hydroxylation is 1. The van der Waals surface area contributed by atoms with Gasteiger partial charge in [0, 0.05) is 31.6 Å². The van der Waals surface area contributed by atoms with E-state index in [-0.39, 0.29) is 10.6 Å². The Hall–Kier alpha value is -2.11. The monoisotopic (exact) mass is 274 g/mol. The second kappa shape index (κ2) is 5.11. The molecule has 0 bridgehead atoms. The van der Waals surface area contributed by atoms with E-state index in [0.717, 1.165) is 42.5 Å². The standard InChI is InChI=1S/C14H18N4O2/c1-16-12-9-13(17-6-4-2-3-5-7-17)14(18(19)20)8-11(12)10-15-16/h8-10H,2-7H2,1H3. The van der Waals surface area contributed by atoms with Crippen molar-refractivity contribution in [1.29, 1.82) is 0 Å². The zero-order chi connectivity index (χ0) is 14.1. The molecule has 6 heteroatoms. The molecule has 3 rings (SSSR count). The first-order valence-electron chi connectivity index (χ1n) is 7.02. The summed E-state index contributed by atoms with van der Waals surface area (Å²) in [6.45, 7) is 1.79. The second-order valence-electron chi connectivity index (χ2n) is 5.33. The first-order chi connectivity index (χ1) is 9.66. The molecule has 0 N–H and O–H groups in total. The van der Waals surface area contributed by atoms with Crippen LogP contribution in [0.2, 0.25) is 0 Å². The van der Waals surface area contributed by atoms with E-state index in [1.807, 2.05) is 13.1 Å². The van der Waals surface area contributed by atoms with Gasteiger partial charge in [0.15, 0.2) is 0 Å². The molecule has 1 aromatic carbocycles. The molecule has 1 aromatic heterocycles. The summed E-state index contributed by atoms with van der Waals surface area (Å²) in [6.07, 6.45) is 6.28. The Balaban J connectivity index is 2.12. The minimum Gasteiger partial charge on any atom is -0.366 e. The van der Waals surface area contributed by atoms with E-state index in [0.29, 0.717) is 0 Å². The molecule has 1 fully saturated rings. The Morgan fingerprint density at radius 2 is 1.90 bits per heavy atom. The zero-order valence-corrected chi connectivity index (χ0v) is 11.6. The van der Waals surface area contributed by atoms with Gasteiger partial charge >= 0.3 is 0 Å². The largest absolute Gasteiger partial charge is 0.366 e. The van der Waals surface area contributed by atoms with E-state index >= 15 is 0 Å². The average Bonchev–Trinajstić information content (AvgIpc) is 2.67. The van der Waals surface area contributed by atoms with E-state index < -0.39 is 0 Å². The number of nitrogens with zero attached hydrogens (tertiary/aromatic N) is 4. The number of nitro groups is 1. The van der Waals surface area contributed by atoms with Gasteiger partial charge in [0.05, 0.1) is 16.6 Å². The lowest BCUT2D eigenvalue weighted by Crippen LogP contribution is -2.24. The van der Waals surface area contributed by atoms with Crippen molar-refractivity contribution < 1.29 is 4.92 Å². The van der Waals surface area contributed by atoms with Gasteiger partial charge in [-0.05, 0) is 18.9 Å². The minimum atomic E-state index is -0.285. The van der Waals surface area contributed by atoms with Crippen molar-refractivity contribution in [2.75, 3.05) is 18.0 Å². The highest BCUT2D eigenvalue weighted by molar-refractivity contribution is 5.87. The van der Waals surface area contributed by atoms with Gasteiger partial charge in [-0.1, -0.05) is 12.8 Å². The summed E-state index contributed by atoms with van der Waals surface area (Å²) in [4.78, 5) is 13.2. The number of aromatic nitrogens is 2. The number of fused-ring (bicyclic) bond motifs is 1. The van der Waals surface area contributed by atoms with Crippen molar-refractivity contribution in [3.8, 4) is 0 Å². The number of hydrogen-bond acceptors (Lipinski definition) is 4. The van der Waals surface area contributed by atoms with Crippen molar-refractivity contribution in [1.82, 2.24) is 9.78 Å². The Bertz CT molecular complexity index is 642. The molecule has 1 saturated heterocycles. The Morgan fingerprint density at radius 1 is 1.20 bits per heavy atom. The predicted molar refractivity (Wildman–Crippen MR) is 78.0 cm³/mol. The van der Waals surface area contributed by atoms with E-state index in [1.54, 1.807) is 16.9 Å². The molecule has 2 heterocycles. The highest BCUT2D eigenvalue weighted by Crippen LogP contribution is 2.34. The Labute approximate surface area is 117 Å². The first-order valence-corrected chi connectivity index (χ1v) is 7.02. The van der Waals surface area contributed by atoms with E-state index in [4.69, 9.17) is 0 Å². The van der Waals surface area contributed by atoms with Crippen LogP contribution < -0.4 is 4.90 Å². The van der Waals surface area contributed by atoms with Gasteiger partial charge in [0.1, 0.15) is 5.69 Å². The molecule has 0 unspecified atom stereocenters. The minimum absolute atomic E-state index is 0.187. The normalized spacial score (nSPS) is 16.4. The topological polar surface area (TPSA) is 64.2 Å². The third kappa shape index (κ3) is 2.21. The molecule has 0 saturated carbocycles. The summed E-state index contributed by atoms with van der Waals surface area (Å²) in [5.41, 5.74) is 1.86. The van der Waals surface area contributed by atoms with Crippen LogP contribution >= 0.6 is 0 Å². The fourth-order valence-electron chi connectivity index (χ4n) is 2.89. The summed E-state index contributed by atoms with van der Waals surface area (Å²) in [7, 11) is 1.86. The molecule has 1 aliphatic heterocycles. The number of rotatable bonds is 2. The molecular formula is C14H18N4O2. The lowest BCUT2D eigenvalue weighted by Gasteiger charge is -2.22. The molecule has 20 heavy (non-hydrogen) atoms. The fraction of sp³-hybridized carbons (Fsp3) is 0.500. The van der Waals surface area contributed by atoms with E-state index in [2.05, 4.69) is 10.00 Å². The quantitative estimate of drug-likeness (QED) is 0.624. The molecule has 1 aliphatic rings. The van der Waals surface area contributed by atoms with Gasteiger partial charge in [-0.15, -0.1) is 0 Å². The summed E-state index contributed by atoms with van der Waals surface area (Å²) in [5, 5.41) is 16.3. The number of anilines is 1. The maximum absolute atomic E-state index is 11.4. The van der Waals surface area contributed by atoms with Gasteiger partial charge in [-0.3, -0.25) is 14.8 Å². The van der Waals surface area contributed by atoms with Crippen LogP contribution in [0.5, 0.6) is 0 Å². The third-order valence-electron chi connectivity index (χ3n) is 3.99. The molecule has 0 atom stereocenters. The Morgan fingerprint density at radius 3 is 2.55 bits per heavy atom. The first kappa shape index (κ1) is 12.9. The summed E-state index contributed by atoms with van der Waals surface area (Å²) >= 11 is 0. The van der Waals surface area contributed by atoms with E-state index in [9.17, 15) is 10.1 Å². The maximum Gasteiger partial charge on any atom is 0.293 e. The van der Waals surface area contributed by atoms with E-state index in [1.165, 1.54) is 12.8 Å². The molecule has 0 spiro atoms. The molecule has 2 aromatic rings. The molecule has 6 nitrogen and oxygen atoms in total. The number of hydrogen-bond donors (Lipinski definition) is 0. The highest BCUT2D eigenvalue weighted by Gasteiger charge is 2.22. The van der Waals surface area contributed by atoms with Crippen LogP contribution in [-0.4, -0.2) is 27.8 Å². The number of nitro benzene ring substituents is 1. The summed E-state index contributed by atoms with van der Waals surface area (Å²) in [5.74, 6) is 0. The van der Waals surface area contributed by atoms with Gasteiger partial charge in [0.25, 0.3) is 5.69 Å². The van der Waals surface area contributed by atoms with Crippen LogP contribution in [0.25, 0.3) is 10.9 Å². The van der Waals surface area contributed by atoms with Crippen LogP contribution in [0.15, 0.2) is 18.3 Å². The van der Waals surface area contributed by atoms with Crippen LogP contribution in [0.1, 0.15) is 25.7 Å². The lowest BCUT2D eigenvalue weighted by atomic mass is 10.1. The Kier molecular flexibility index (Phi) is 3.30. The van der Waals surface area contributed by atoms with Crippen molar-refractivity contribution in [2.24, 2.45) is 7.05 Å². The maximum atomic E-state index is 11.4.